The van der Waals surface area contributed by atoms with Gasteiger partial charge in [0.25, 0.3) is 0 Å². The van der Waals surface area contributed by atoms with E-state index < -0.39 is 0 Å². The zero-order chi connectivity index (χ0) is 19.8. The maximum atomic E-state index is 13.9. The Morgan fingerprint density at radius 2 is 2.00 bits per heavy atom. The quantitative estimate of drug-likeness (QED) is 0.510. The molecule has 7 heteroatoms. The molecule has 0 atom stereocenters. The molecule has 3 aromatic rings. The number of halogens is 1. The van der Waals surface area contributed by atoms with E-state index in [9.17, 15) is 9.50 Å². The molecule has 0 bridgehead atoms. The second-order valence-corrected chi connectivity index (χ2v) is 7.34. The van der Waals surface area contributed by atoms with Gasteiger partial charge in [-0.3, -0.25) is 4.90 Å². The SMILES string of the molecule is Oc1[nH]c2ccc(F)cc2c1C1=Nc2ccccc2/C1=N\OCCN1CCCC1. The number of likely N-dealkylation sites (tertiary alicyclic amines) is 1. The van der Waals surface area contributed by atoms with Crippen LogP contribution in [0.3, 0.4) is 0 Å². The van der Waals surface area contributed by atoms with Crippen LogP contribution in [0.25, 0.3) is 10.9 Å². The van der Waals surface area contributed by atoms with Crippen molar-refractivity contribution in [2.75, 3.05) is 26.2 Å². The lowest BCUT2D eigenvalue weighted by atomic mass is 10.0. The van der Waals surface area contributed by atoms with E-state index in [-0.39, 0.29) is 11.7 Å². The van der Waals surface area contributed by atoms with Gasteiger partial charge < -0.3 is 14.9 Å². The van der Waals surface area contributed by atoms with Gasteiger partial charge in [0, 0.05) is 23.0 Å². The van der Waals surface area contributed by atoms with E-state index in [4.69, 9.17) is 4.84 Å². The first-order chi connectivity index (χ1) is 14.2. The third-order valence-corrected chi connectivity index (χ3v) is 5.45. The molecular formula is C22H21FN4O2. The number of aromatic nitrogens is 1. The first-order valence-corrected chi connectivity index (χ1v) is 9.82. The normalized spacial score (nSPS) is 17.8. The van der Waals surface area contributed by atoms with Crippen LogP contribution in [0.1, 0.15) is 24.0 Å². The summed E-state index contributed by atoms with van der Waals surface area (Å²) in [6.07, 6.45) is 2.46. The van der Waals surface area contributed by atoms with Crippen molar-refractivity contribution < 1.29 is 14.3 Å². The lowest BCUT2D eigenvalue weighted by Gasteiger charge is -2.13. The van der Waals surface area contributed by atoms with Gasteiger partial charge in [0.15, 0.2) is 5.88 Å². The molecule has 3 heterocycles. The van der Waals surface area contributed by atoms with Crippen molar-refractivity contribution in [3.63, 3.8) is 0 Å². The molecule has 0 unspecified atom stereocenters. The van der Waals surface area contributed by atoms with Crippen molar-refractivity contribution in [1.29, 1.82) is 0 Å². The van der Waals surface area contributed by atoms with Crippen LogP contribution in [0.4, 0.5) is 10.1 Å². The maximum absolute atomic E-state index is 13.9. The average Bonchev–Trinajstić information content (AvgIpc) is 3.42. The Balaban J connectivity index is 1.50. The highest BCUT2D eigenvalue weighted by Gasteiger charge is 2.29. The molecule has 0 radical (unpaired) electrons. The van der Waals surface area contributed by atoms with Gasteiger partial charge in [-0.1, -0.05) is 23.4 Å². The first kappa shape index (κ1) is 17.9. The Labute approximate surface area is 167 Å². The monoisotopic (exact) mass is 392 g/mol. The molecule has 6 nitrogen and oxygen atoms in total. The number of rotatable bonds is 5. The Morgan fingerprint density at radius 1 is 1.17 bits per heavy atom. The predicted molar refractivity (Wildman–Crippen MR) is 111 cm³/mol. The number of para-hydroxylation sites is 1. The number of hydrogen-bond donors (Lipinski definition) is 2. The van der Waals surface area contributed by atoms with E-state index in [1.54, 1.807) is 6.07 Å². The lowest BCUT2D eigenvalue weighted by molar-refractivity contribution is 0.119. The second-order valence-electron chi connectivity index (χ2n) is 7.34. The third-order valence-electron chi connectivity index (χ3n) is 5.45. The van der Waals surface area contributed by atoms with E-state index in [0.29, 0.717) is 34.5 Å². The molecule has 29 heavy (non-hydrogen) atoms. The minimum absolute atomic E-state index is 0.0677. The fraction of sp³-hybridized carbons (Fsp3) is 0.273. The van der Waals surface area contributed by atoms with E-state index in [0.717, 1.165) is 30.9 Å². The third kappa shape index (κ3) is 3.27. The summed E-state index contributed by atoms with van der Waals surface area (Å²) in [5.74, 6) is -0.448. The zero-order valence-corrected chi connectivity index (χ0v) is 15.9. The highest BCUT2D eigenvalue weighted by molar-refractivity contribution is 6.58. The number of nitrogens with zero attached hydrogens (tertiary/aromatic N) is 3. The Morgan fingerprint density at radius 3 is 2.86 bits per heavy atom. The summed E-state index contributed by atoms with van der Waals surface area (Å²) in [5, 5.41) is 15.5. The Bertz CT molecular complexity index is 1130. The van der Waals surface area contributed by atoms with E-state index in [2.05, 4.69) is 20.0 Å². The predicted octanol–water partition coefficient (Wildman–Crippen LogP) is 3.96. The van der Waals surface area contributed by atoms with Crippen LogP contribution in [0.5, 0.6) is 5.88 Å². The molecule has 0 saturated carbocycles. The molecule has 0 aliphatic carbocycles. The summed E-state index contributed by atoms with van der Waals surface area (Å²) < 4.78 is 13.9. The van der Waals surface area contributed by atoms with Gasteiger partial charge in [0.2, 0.25) is 0 Å². The molecule has 0 spiro atoms. The highest BCUT2D eigenvalue weighted by atomic mass is 19.1. The summed E-state index contributed by atoms with van der Waals surface area (Å²) in [7, 11) is 0. The minimum atomic E-state index is -0.380. The van der Waals surface area contributed by atoms with Crippen LogP contribution in [0, 0.1) is 5.82 Å². The van der Waals surface area contributed by atoms with Crippen LogP contribution in [-0.4, -0.2) is 52.7 Å². The van der Waals surface area contributed by atoms with Gasteiger partial charge in [0.1, 0.15) is 23.8 Å². The van der Waals surface area contributed by atoms with Crippen LogP contribution in [-0.2, 0) is 4.84 Å². The summed E-state index contributed by atoms with van der Waals surface area (Å²) in [6, 6.07) is 11.9. The topological polar surface area (TPSA) is 73.2 Å². The molecule has 2 aliphatic heterocycles. The number of H-pyrrole nitrogens is 1. The Kier molecular flexibility index (Phi) is 4.52. The number of oxime groups is 1. The molecular weight excluding hydrogens is 371 g/mol. The number of benzene rings is 2. The molecule has 2 aromatic carbocycles. The smallest absolute Gasteiger partial charge is 0.199 e. The van der Waals surface area contributed by atoms with E-state index in [1.165, 1.54) is 25.0 Å². The van der Waals surface area contributed by atoms with Crippen molar-refractivity contribution in [2.24, 2.45) is 10.1 Å². The second kappa shape index (κ2) is 7.33. The molecule has 0 amide bonds. The molecule has 5 rings (SSSR count). The molecule has 2 aliphatic rings. The van der Waals surface area contributed by atoms with Crippen molar-refractivity contribution >= 4 is 28.0 Å². The van der Waals surface area contributed by atoms with Crippen molar-refractivity contribution in [3.05, 3.63) is 59.4 Å². The highest BCUT2D eigenvalue weighted by Crippen LogP contribution is 2.35. The van der Waals surface area contributed by atoms with Gasteiger partial charge >= 0.3 is 0 Å². The van der Waals surface area contributed by atoms with Crippen molar-refractivity contribution in [2.45, 2.75) is 12.8 Å². The van der Waals surface area contributed by atoms with Crippen molar-refractivity contribution in [3.8, 4) is 5.88 Å². The summed E-state index contributed by atoms with van der Waals surface area (Å²) in [4.78, 5) is 15.5. The molecule has 1 aromatic heterocycles. The van der Waals surface area contributed by atoms with Gasteiger partial charge in [-0.25, -0.2) is 9.38 Å². The van der Waals surface area contributed by atoms with Crippen LogP contribution >= 0.6 is 0 Å². The van der Waals surface area contributed by atoms with Gasteiger partial charge in [-0.15, -0.1) is 0 Å². The average molecular weight is 392 g/mol. The van der Waals surface area contributed by atoms with E-state index in [1.807, 2.05) is 24.3 Å². The van der Waals surface area contributed by atoms with Crippen LogP contribution in [0.2, 0.25) is 0 Å². The molecule has 2 N–H and O–H groups in total. The lowest BCUT2D eigenvalue weighted by Crippen LogP contribution is -2.23. The van der Waals surface area contributed by atoms with Crippen molar-refractivity contribution in [1.82, 2.24) is 9.88 Å². The summed E-state index contributed by atoms with van der Waals surface area (Å²) >= 11 is 0. The number of aromatic hydroxyl groups is 1. The number of aliphatic imine (C=N–C) groups is 1. The minimum Gasteiger partial charge on any atom is -0.494 e. The fourth-order valence-electron chi connectivity index (χ4n) is 4.02. The zero-order valence-electron chi connectivity index (χ0n) is 15.9. The largest absolute Gasteiger partial charge is 0.494 e. The van der Waals surface area contributed by atoms with E-state index >= 15 is 0 Å². The summed E-state index contributed by atoms with van der Waals surface area (Å²) in [5.41, 5.74) is 3.65. The summed E-state index contributed by atoms with van der Waals surface area (Å²) in [6.45, 7) is 3.51. The number of fused-ring (bicyclic) bond motifs is 2. The van der Waals surface area contributed by atoms with Gasteiger partial charge in [-0.2, -0.15) is 0 Å². The molecule has 148 valence electrons. The molecule has 1 saturated heterocycles. The standard InChI is InChI=1S/C22H21FN4O2/c23-14-7-8-18-16(13-14)19(22(28)25-18)21-20(15-5-1-2-6-17(15)24-21)26-29-12-11-27-9-3-4-10-27/h1-2,5-8,13,25,28H,3-4,9-12H2/b26-20+. The number of nitrogens with one attached hydrogen (secondary N) is 1. The van der Waals surface area contributed by atoms with Crippen LogP contribution < -0.4 is 0 Å². The van der Waals surface area contributed by atoms with Gasteiger partial charge in [-0.05, 0) is 50.2 Å². The Hall–Kier alpha value is -3.19. The number of aromatic amines is 1. The van der Waals surface area contributed by atoms with Gasteiger partial charge in [0.05, 0.1) is 11.3 Å². The number of hydrogen-bond acceptors (Lipinski definition) is 5. The first-order valence-electron chi connectivity index (χ1n) is 9.82. The maximum Gasteiger partial charge on any atom is 0.199 e. The molecule has 1 fully saturated rings. The fourth-order valence-corrected chi connectivity index (χ4v) is 4.02. The van der Waals surface area contributed by atoms with Crippen LogP contribution in [0.15, 0.2) is 52.6 Å².